The monoisotopic (exact) mass is 271 g/mol. The van der Waals surface area contributed by atoms with Crippen LogP contribution >= 0.6 is 11.6 Å². The van der Waals surface area contributed by atoms with Gasteiger partial charge >= 0.3 is 0 Å². The fraction of sp³-hybridized carbons (Fsp3) is 0.100. The van der Waals surface area contributed by atoms with Crippen LogP contribution in [0.4, 0.5) is 5.69 Å². The maximum atomic E-state index is 11.8. The molecule has 0 atom stereocenters. The quantitative estimate of drug-likeness (QED) is 0.835. The molecule has 0 amide bonds. The number of benzene rings is 1. The van der Waals surface area contributed by atoms with Crippen molar-refractivity contribution in [2.75, 3.05) is 4.72 Å². The molecular weight excluding hydrogens is 262 g/mol. The topological polar surface area (TPSA) is 74.8 Å². The Kier molecular flexibility index (Phi) is 3.35. The van der Waals surface area contributed by atoms with Gasteiger partial charge in [0.05, 0.1) is 6.20 Å². The van der Waals surface area contributed by atoms with Crippen molar-refractivity contribution in [3.8, 4) is 0 Å². The van der Waals surface area contributed by atoms with Crippen LogP contribution < -0.4 is 4.72 Å². The van der Waals surface area contributed by atoms with E-state index in [-0.39, 0.29) is 4.90 Å². The zero-order valence-electron chi connectivity index (χ0n) is 8.72. The molecule has 1 aromatic carbocycles. The Morgan fingerprint density at radius 2 is 2.00 bits per heavy atom. The van der Waals surface area contributed by atoms with Gasteiger partial charge in [-0.3, -0.25) is 9.82 Å². The molecule has 0 spiro atoms. The zero-order chi connectivity index (χ0) is 12.3. The van der Waals surface area contributed by atoms with Crippen molar-refractivity contribution in [2.24, 2.45) is 0 Å². The average molecular weight is 272 g/mol. The highest BCUT2D eigenvalue weighted by Crippen LogP contribution is 2.16. The minimum absolute atomic E-state index is 0.0962. The van der Waals surface area contributed by atoms with Crippen LogP contribution in [0.25, 0.3) is 0 Å². The smallest absolute Gasteiger partial charge is 0.265 e. The fourth-order valence-electron chi connectivity index (χ4n) is 1.26. The van der Waals surface area contributed by atoms with Gasteiger partial charge in [0, 0.05) is 17.8 Å². The fourth-order valence-corrected chi connectivity index (χ4v) is 2.40. The Bertz CT molecular complexity index is 579. The van der Waals surface area contributed by atoms with Gasteiger partial charge in [-0.1, -0.05) is 12.1 Å². The molecule has 0 saturated carbocycles. The number of nitrogens with zero attached hydrogens (tertiary/aromatic N) is 1. The zero-order valence-corrected chi connectivity index (χ0v) is 10.3. The minimum atomic E-state index is -3.57. The number of nitrogens with one attached hydrogen (secondary N) is 2. The molecular formula is C10H10ClN3O2S. The first kappa shape index (κ1) is 11.9. The Morgan fingerprint density at radius 3 is 2.53 bits per heavy atom. The highest BCUT2D eigenvalue weighted by Gasteiger charge is 2.14. The molecule has 0 aliphatic carbocycles. The summed E-state index contributed by atoms with van der Waals surface area (Å²) >= 11 is 5.64. The minimum Gasteiger partial charge on any atom is -0.284 e. The van der Waals surface area contributed by atoms with Gasteiger partial charge in [0.15, 0.2) is 0 Å². The lowest BCUT2D eigenvalue weighted by Crippen LogP contribution is -2.12. The van der Waals surface area contributed by atoms with Crippen LogP contribution in [0.3, 0.4) is 0 Å². The molecule has 0 unspecified atom stereocenters. The van der Waals surface area contributed by atoms with E-state index in [1.165, 1.54) is 12.4 Å². The number of alkyl halides is 1. The van der Waals surface area contributed by atoms with Gasteiger partial charge in [0.25, 0.3) is 10.0 Å². The summed E-state index contributed by atoms with van der Waals surface area (Å²) in [5.41, 5.74) is 1.41. The van der Waals surface area contributed by atoms with Crippen LogP contribution in [-0.2, 0) is 15.9 Å². The van der Waals surface area contributed by atoms with Crippen molar-refractivity contribution in [1.29, 1.82) is 0 Å². The Hall–Kier alpha value is -1.53. The molecule has 90 valence electrons. The van der Waals surface area contributed by atoms with Crippen LogP contribution in [0.2, 0.25) is 0 Å². The molecule has 17 heavy (non-hydrogen) atoms. The summed E-state index contributed by atoms with van der Waals surface area (Å²) < 4.78 is 26.1. The molecule has 2 rings (SSSR count). The molecule has 0 fully saturated rings. The van der Waals surface area contributed by atoms with E-state index in [2.05, 4.69) is 14.9 Å². The van der Waals surface area contributed by atoms with Crippen LogP contribution in [0.1, 0.15) is 5.56 Å². The highest BCUT2D eigenvalue weighted by molar-refractivity contribution is 7.92. The van der Waals surface area contributed by atoms with Gasteiger partial charge in [-0.2, -0.15) is 5.10 Å². The van der Waals surface area contributed by atoms with Crippen LogP contribution in [0, 0.1) is 0 Å². The van der Waals surface area contributed by atoms with Crippen molar-refractivity contribution in [3.63, 3.8) is 0 Å². The van der Waals surface area contributed by atoms with Gasteiger partial charge in [-0.05, 0) is 17.7 Å². The molecule has 2 N–H and O–H groups in total. The molecule has 5 nitrogen and oxygen atoms in total. The predicted octanol–water partition coefficient (Wildman–Crippen LogP) is 1.95. The van der Waals surface area contributed by atoms with E-state index in [0.29, 0.717) is 11.6 Å². The summed E-state index contributed by atoms with van der Waals surface area (Å²) in [4.78, 5) is 0.0962. The number of sulfonamides is 1. The molecule has 7 heteroatoms. The van der Waals surface area contributed by atoms with Crippen LogP contribution in [-0.4, -0.2) is 18.6 Å². The number of H-pyrrole nitrogens is 1. The van der Waals surface area contributed by atoms with E-state index in [4.69, 9.17) is 11.6 Å². The maximum absolute atomic E-state index is 11.8. The van der Waals surface area contributed by atoms with Gasteiger partial charge in [-0.15, -0.1) is 11.6 Å². The number of aromatic amines is 1. The highest BCUT2D eigenvalue weighted by atomic mass is 35.5. The Labute approximate surface area is 104 Å². The van der Waals surface area contributed by atoms with Gasteiger partial charge in [0.1, 0.15) is 4.90 Å². The number of halogens is 1. The summed E-state index contributed by atoms with van der Waals surface area (Å²) in [5, 5.41) is 6.05. The van der Waals surface area contributed by atoms with Gasteiger partial charge in [-0.25, -0.2) is 8.42 Å². The lowest BCUT2D eigenvalue weighted by atomic mass is 10.2. The van der Waals surface area contributed by atoms with Gasteiger partial charge in [0.2, 0.25) is 0 Å². The van der Waals surface area contributed by atoms with Crippen molar-refractivity contribution >= 4 is 27.3 Å². The third-order valence-corrected chi connectivity index (χ3v) is 3.80. The van der Waals surface area contributed by atoms with E-state index < -0.39 is 10.0 Å². The predicted molar refractivity (Wildman–Crippen MR) is 65.4 cm³/mol. The number of hydrogen-bond donors (Lipinski definition) is 2. The number of rotatable bonds is 4. The first-order chi connectivity index (χ1) is 8.12. The summed E-state index contributed by atoms with van der Waals surface area (Å²) in [6.45, 7) is 0. The Balaban J connectivity index is 2.21. The standard InChI is InChI=1S/C10H10ClN3O2S/c11-5-8-1-3-9(4-2-8)14-17(15,16)10-6-12-13-7-10/h1-4,6-7,14H,5H2,(H,12,13). The summed E-state index contributed by atoms with van der Waals surface area (Å²) in [6.07, 6.45) is 2.56. The summed E-state index contributed by atoms with van der Waals surface area (Å²) in [5.74, 6) is 0.398. The molecule has 0 radical (unpaired) electrons. The molecule has 0 aliphatic rings. The molecule has 0 bridgehead atoms. The first-order valence-corrected chi connectivity index (χ1v) is 6.80. The lowest BCUT2D eigenvalue weighted by Gasteiger charge is -2.06. The molecule has 0 aliphatic heterocycles. The number of anilines is 1. The van der Waals surface area contributed by atoms with Crippen molar-refractivity contribution < 1.29 is 8.42 Å². The normalized spacial score (nSPS) is 11.4. The first-order valence-electron chi connectivity index (χ1n) is 4.78. The SMILES string of the molecule is O=S(=O)(Nc1ccc(CCl)cc1)c1cn[nH]c1. The second-order valence-corrected chi connectivity index (χ2v) is 5.32. The summed E-state index contributed by atoms with van der Waals surface area (Å²) in [6, 6.07) is 6.85. The van der Waals surface area contributed by atoms with Crippen LogP contribution in [0.15, 0.2) is 41.6 Å². The number of aromatic nitrogens is 2. The largest absolute Gasteiger partial charge is 0.284 e. The molecule has 1 heterocycles. The number of hydrogen-bond acceptors (Lipinski definition) is 3. The molecule has 0 saturated heterocycles. The van der Waals surface area contributed by atoms with Crippen molar-refractivity contribution in [2.45, 2.75) is 10.8 Å². The Morgan fingerprint density at radius 1 is 1.29 bits per heavy atom. The summed E-state index contributed by atoms with van der Waals surface area (Å²) in [7, 11) is -3.57. The maximum Gasteiger partial charge on any atom is 0.265 e. The van der Waals surface area contributed by atoms with Crippen molar-refractivity contribution in [3.05, 3.63) is 42.2 Å². The van der Waals surface area contributed by atoms with Crippen molar-refractivity contribution in [1.82, 2.24) is 10.2 Å². The molecule has 1 aromatic heterocycles. The van der Waals surface area contributed by atoms with E-state index in [0.717, 1.165) is 5.56 Å². The second kappa shape index (κ2) is 4.77. The van der Waals surface area contributed by atoms with Crippen LogP contribution in [0.5, 0.6) is 0 Å². The van der Waals surface area contributed by atoms with E-state index >= 15 is 0 Å². The third kappa shape index (κ3) is 2.78. The van der Waals surface area contributed by atoms with Gasteiger partial charge < -0.3 is 0 Å². The average Bonchev–Trinajstić information content (AvgIpc) is 2.84. The third-order valence-electron chi connectivity index (χ3n) is 2.14. The van der Waals surface area contributed by atoms with E-state index in [1.807, 2.05) is 0 Å². The molecule has 2 aromatic rings. The lowest BCUT2D eigenvalue weighted by molar-refractivity contribution is 0.601. The second-order valence-electron chi connectivity index (χ2n) is 3.37. The van der Waals surface area contributed by atoms with E-state index in [1.54, 1.807) is 24.3 Å². The van der Waals surface area contributed by atoms with E-state index in [9.17, 15) is 8.42 Å².